The second kappa shape index (κ2) is 5.96. The van der Waals surface area contributed by atoms with E-state index in [4.69, 9.17) is 5.11 Å². The van der Waals surface area contributed by atoms with Gasteiger partial charge in [-0.25, -0.2) is 9.78 Å². The number of hydrogen-bond acceptors (Lipinski definition) is 6. The van der Waals surface area contributed by atoms with Gasteiger partial charge < -0.3 is 10.1 Å². The van der Waals surface area contributed by atoms with E-state index in [0.717, 1.165) is 17.4 Å². The summed E-state index contributed by atoms with van der Waals surface area (Å²) in [5, 5.41) is 11.2. The van der Waals surface area contributed by atoms with Gasteiger partial charge in [0.05, 0.1) is 11.1 Å². The Balaban J connectivity index is 2.17. The van der Waals surface area contributed by atoms with Crippen molar-refractivity contribution in [3.63, 3.8) is 0 Å². The Morgan fingerprint density at radius 3 is 2.95 bits per heavy atom. The van der Waals surface area contributed by atoms with Crippen molar-refractivity contribution < 1.29 is 9.90 Å². The molecule has 20 heavy (non-hydrogen) atoms. The maximum absolute atomic E-state index is 11.8. The maximum Gasteiger partial charge on any atom is 0.326 e. The van der Waals surface area contributed by atoms with E-state index in [1.165, 1.54) is 6.20 Å². The van der Waals surface area contributed by atoms with E-state index in [-0.39, 0.29) is 17.4 Å². The largest absolute Gasteiger partial charge is 0.384 e. The van der Waals surface area contributed by atoms with Crippen LogP contribution in [0, 0.1) is 11.8 Å². The summed E-state index contributed by atoms with van der Waals surface area (Å²) in [7, 11) is 0. The number of aliphatic hydroxyl groups excluding tert-OH is 1. The van der Waals surface area contributed by atoms with E-state index < -0.39 is 17.2 Å². The Kier molecular flexibility index (Phi) is 4.09. The molecule has 4 N–H and O–H groups in total. The normalized spacial score (nSPS) is 9.65. The Hall–Kier alpha value is -2.70. The number of anilines is 1. The summed E-state index contributed by atoms with van der Waals surface area (Å²) in [6.45, 7) is -0.270. The number of rotatable bonds is 2. The lowest BCUT2D eigenvalue weighted by Crippen LogP contribution is -2.27. The standard InChI is InChI=1S/C11H8N4O4S/c16-3-1-2-6-5-12-11(20-6)15-9(18)7-4-8(17)14-10(19)13-7/h4-5,16H,3H2,(H,12,15,18)(H2,13,14,17,19). The van der Waals surface area contributed by atoms with Crippen molar-refractivity contribution in [3.8, 4) is 11.8 Å². The van der Waals surface area contributed by atoms with Crippen LogP contribution >= 0.6 is 11.3 Å². The van der Waals surface area contributed by atoms with Gasteiger partial charge in [0.2, 0.25) is 0 Å². The molecule has 2 rings (SSSR count). The van der Waals surface area contributed by atoms with Gasteiger partial charge in [-0.1, -0.05) is 23.2 Å². The lowest BCUT2D eigenvalue weighted by Gasteiger charge is -1.99. The fourth-order valence-electron chi connectivity index (χ4n) is 1.27. The monoisotopic (exact) mass is 292 g/mol. The quantitative estimate of drug-likeness (QED) is 0.534. The van der Waals surface area contributed by atoms with Crippen molar-refractivity contribution >= 4 is 22.4 Å². The van der Waals surface area contributed by atoms with E-state index in [0.29, 0.717) is 4.88 Å². The summed E-state index contributed by atoms with van der Waals surface area (Å²) in [6.07, 6.45) is 1.43. The van der Waals surface area contributed by atoms with Gasteiger partial charge >= 0.3 is 5.69 Å². The minimum Gasteiger partial charge on any atom is -0.384 e. The van der Waals surface area contributed by atoms with Crippen LogP contribution in [0.5, 0.6) is 0 Å². The lowest BCUT2D eigenvalue weighted by atomic mass is 10.4. The molecule has 0 aliphatic rings. The Morgan fingerprint density at radius 1 is 1.45 bits per heavy atom. The van der Waals surface area contributed by atoms with Crippen LogP contribution in [0.1, 0.15) is 15.4 Å². The lowest BCUT2D eigenvalue weighted by molar-refractivity contribution is 0.102. The summed E-state index contributed by atoms with van der Waals surface area (Å²) in [4.78, 5) is 42.5. The van der Waals surface area contributed by atoms with Crippen LogP contribution in [0.15, 0.2) is 21.9 Å². The highest BCUT2D eigenvalue weighted by molar-refractivity contribution is 7.16. The second-order valence-corrected chi connectivity index (χ2v) is 4.48. The number of thiazole rings is 1. The average molecular weight is 292 g/mol. The van der Waals surface area contributed by atoms with Crippen molar-refractivity contribution in [2.24, 2.45) is 0 Å². The number of nitrogens with zero attached hydrogens (tertiary/aromatic N) is 1. The Labute approximate surface area is 115 Å². The molecule has 0 saturated heterocycles. The molecular formula is C11H8N4O4S. The third kappa shape index (κ3) is 3.41. The second-order valence-electron chi connectivity index (χ2n) is 3.45. The molecule has 0 atom stereocenters. The summed E-state index contributed by atoms with van der Waals surface area (Å²) >= 11 is 1.10. The first kappa shape index (κ1) is 13.7. The average Bonchev–Trinajstić information content (AvgIpc) is 2.82. The molecule has 0 radical (unpaired) electrons. The predicted molar refractivity (Wildman–Crippen MR) is 71.7 cm³/mol. The van der Waals surface area contributed by atoms with E-state index in [2.05, 4.69) is 27.1 Å². The van der Waals surface area contributed by atoms with Crippen LogP contribution < -0.4 is 16.6 Å². The number of aliphatic hydroxyl groups is 1. The molecule has 1 amide bonds. The fourth-order valence-corrected chi connectivity index (χ4v) is 1.96. The van der Waals surface area contributed by atoms with Crippen LogP contribution in [0.4, 0.5) is 5.13 Å². The van der Waals surface area contributed by atoms with Gasteiger partial charge in [-0.05, 0) is 0 Å². The fraction of sp³-hybridized carbons (Fsp3) is 0.0909. The molecule has 2 heterocycles. The zero-order valence-electron chi connectivity index (χ0n) is 9.89. The van der Waals surface area contributed by atoms with Gasteiger partial charge in [-0.3, -0.25) is 19.9 Å². The molecule has 0 spiro atoms. The molecule has 8 nitrogen and oxygen atoms in total. The van der Waals surface area contributed by atoms with Crippen molar-refractivity contribution in [2.45, 2.75) is 0 Å². The topological polar surface area (TPSA) is 128 Å². The SMILES string of the molecule is O=C(Nc1ncc(C#CCO)s1)c1cc(=O)[nH]c(=O)[nH]1. The third-order valence-corrected chi connectivity index (χ3v) is 2.85. The molecule has 2 aromatic rings. The highest BCUT2D eigenvalue weighted by Crippen LogP contribution is 2.17. The van der Waals surface area contributed by atoms with Crippen LogP contribution in [0.3, 0.4) is 0 Å². The molecule has 102 valence electrons. The molecule has 0 aliphatic heterocycles. The summed E-state index contributed by atoms with van der Waals surface area (Å²) in [5.74, 6) is 4.42. The van der Waals surface area contributed by atoms with Crippen LogP contribution in [-0.2, 0) is 0 Å². The van der Waals surface area contributed by atoms with E-state index in [9.17, 15) is 14.4 Å². The Bertz CT molecular complexity index is 780. The van der Waals surface area contributed by atoms with Crippen molar-refractivity contribution in [3.05, 3.63) is 43.7 Å². The number of H-pyrrole nitrogens is 2. The minimum absolute atomic E-state index is 0.169. The predicted octanol–water partition coefficient (Wildman–Crippen LogP) is -0.884. The summed E-state index contributed by atoms with van der Waals surface area (Å²) in [5.41, 5.74) is -1.61. The van der Waals surface area contributed by atoms with Crippen LogP contribution in [0.25, 0.3) is 0 Å². The number of hydrogen-bond donors (Lipinski definition) is 4. The Morgan fingerprint density at radius 2 is 2.25 bits per heavy atom. The molecule has 0 bridgehead atoms. The third-order valence-electron chi connectivity index (χ3n) is 2.02. The number of aromatic nitrogens is 3. The smallest absolute Gasteiger partial charge is 0.326 e. The molecular weight excluding hydrogens is 284 g/mol. The van der Waals surface area contributed by atoms with E-state index in [1.807, 2.05) is 4.98 Å². The van der Waals surface area contributed by atoms with Gasteiger partial charge in [-0.2, -0.15) is 0 Å². The molecule has 0 aromatic carbocycles. The van der Waals surface area contributed by atoms with E-state index >= 15 is 0 Å². The first-order valence-corrected chi connectivity index (χ1v) is 6.10. The molecule has 0 unspecified atom stereocenters. The van der Waals surface area contributed by atoms with Gasteiger partial charge in [-0.15, -0.1) is 0 Å². The van der Waals surface area contributed by atoms with E-state index in [1.54, 1.807) is 0 Å². The number of carbonyl (C=O) groups is 1. The first-order chi connectivity index (χ1) is 9.58. The first-order valence-electron chi connectivity index (χ1n) is 5.29. The summed E-state index contributed by atoms with van der Waals surface area (Å²) in [6, 6.07) is 0.969. The highest BCUT2D eigenvalue weighted by atomic mass is 32.1. The van der Waals surface area contributed by atoms with Crippen molar-refractivity contribution in [1.29, 1.82) is 0 Å². The molecule has 0 saturated carbocycles. The van der Waals surface area contributed by atoms with Crippen molar-refractivity contribution in [2.75, 3.05) is 11.9 Å². The van der Waals surface area contributed by atoms with Crippen LogP contribution in [0.2, 0.25) is 0 Å². The molecule has 0 fully saturated rings. The number of carbonyl (C=O) groups excluding carboxylic acids is 1. The molecule has 9 heteroatoms. The molecule has 0 aliphatic carbocycles. The minimum atomic E-state index is -0.767. The number of aromatic amines is 2. The van der Waals surface area contributed by atoms with Crippen molar-refractivity contribution in [1.82, 2.24) is 15.0 Å². The number of nitrogens with one attached hydrogen (secondary N) is 3. The maximum atomic E-state index is 11.8. The van der Waals surface area contributed by atoms with Gasteiger partial charge in [0, 0.05) is 6.07 Å². The summed E-state index contributed by atoms with van der Waals surface area (Å²) < 4.78 is 0. The van der Waals surface area contributed by atoms with Gasteiger partial charge in [0.25, 0.3) is 11.5 Å². The van der Waals surface area contributed by atoms with Gasteiger partial charge in [0.1, 0.15) is 12.3 Å². The highest BCUT2D eigenvalue weighted by Gasteiger charge is 2.10. The van der Waals surface area contributed by atoms with Crippen LogP contribution in [-0.4, -0.2) is 32.6 Å². The molecule has 2 aromatic heterocycles. The zero-order chi connectivity index (χ0) is 14.5. The number of amides is 1. The zero-order valence-corrected chi connectivity index (χ0v) is 10.7. The van der Waals surface area contributed by atoms with Gasteiger partial charge in [0.15, 0.2) is 5.13 Å².